The number of hydrogen-bond donors (Lipinski definition) is 1. The quantitative estimate of drug-likeness (QED) is 0.626. The van der Waals surface area contributed by atoms with Gasteiger partial charge in [0.1, 0.15) is 11.5 Å². The van der Waals surface area contributed by atoms with Crippen molar-refractivity contribution in [2.75, 3.05) is 13.1 Å². The maximum Gasteiger partial charge on any atom is 0.407 e. The van der Waals surface area contributed by atoms with Gasteiger partial charge in [-0.05, 0) is 32.1 Å². The minimum atomic E-state index is -1.18. The van der Waals surface area contributed by atoms with Gasteiger partial charge in [-0.3, -0.25) is 9.59 Å². The van der Waals surface area contributed by atoms with Crippen molar-refractivity contribution in [3.05, 3.63) is 0 Å². The third-order valence-electron chi connectivity index (χ3n) is 4.55. The number of carbonyl (C=O) groups excluding carboxylic acids is 2. The topological polar surface area (TPSA) is 83.9 Å². The molecule has 0 aliphatic carbocycles. The number of esters is 1. The van der Waals surface area contributed by atoms with E-state index in [1.54, 1.807) is 6.92 Å². The van der Waals surface area contributed by atoms with E-state index in [0.717, 1.165) is 0 Å². The summed E-state index contributed by atoms with van der Waals surface area (Å²) in [6, 6.07) is 0. The summed E-state index contributed by atoms with van der Waals surface area (Å²) in [4.78, 5) is 37.1. The number of ether oxygens (including phenoxy) is 1. The summed E-state index contributed by atoms with van der Waals surface area (Å²) in [5, 5.41) is 9.01. The molecule has 1 fully saturated rings. The molecule has 1 aliphatic rings. The SMILES string of the molecule is CC(OC(=O)C1(C)CCCN(C(=O)O)CCC1=O)C(C)(C)C. The largest absolute Gasteiger partial charge is 0.465 e. The Kier molecular flexibility index (Phi) is 5.59. The standard InChI is InChI=1S/C16H27NO5/c1-11(15(2,3)4)22-13(19)16(5)8-6-9-17(14(20)21)10-7-12(16)18/h11H,6-10H2,1-5H3,(H,20,21). The molecule has 2 unspecified atom stereocenters. The Balaban J connectivity index is 2.81. The number of carboxylic acid groups (broad SMARTS) is 1. The Hall–Kier alpha value is -1.59. The van der Waals surface area contributed by atoms with Gasteiger partial charge in [-0.15, -0.1) is 0 Å². The van der Waals surface area contributed by atoms with Crippen molar-refractivity contribution in [2.45, 2.75) is 60.0 Å². The summed E-state index contributed by atoms with van der Waals surface area (Å²) in [6.07, 6.45) is -0.508. The predicted molar refractivity (Wildman–Crippen MR) is 81.6 cm³/mol. The van der Waals surface area contributed by atoms with Crippen LogP contribution in [0.15, 0.2) is 0 Å². The van der Waals surface area contributed by atoms with Gasteiger partial charge in [-0.25, -0.2) is 4.79 Å². The molecule has 0 aromatic carbocycles. The van der Waals surface area contributed by atoms with Gasteiger partial charge in [-0.1, -0.05) is 20.8 Å². The van der Waals surface area contributed by atoms with Crippen LogP contribution in [0.2, 0.25) is 0 Å². The Morgan fingerprint density at radius 2 is 1.91 bits per heavy atom. The number of Topliss-reactive ketones (excluding diaryl/α,β-unsaturated/α-hetero) is 1. The average molecular weight is 313 g/mol. The first-order valence-corrected chi connectivity index (χ1v) is 7.71. The van der Waals surface area contributed by atoms with E-state index in [9.17, 15) is 14.4 Å². The lowest BCUT2D eigenvalue weighted by molar-refractivity contribution is -0.169. The van der Waals surface area contributed by atoms with Gasteiger partial charge in [0.15, 0.2) is 5.78 Å². The number of rotatable bonds is 2. The van der Waals surface area contributed by atoms with Crippen LogP contribution in [0, 0.1) is 10.8 Å². The van der Waals surface area contributed by atoms with E-state index in [4.69, 9.17) is 9.84 Å². The molecule has 0 aromatic rings. The molecule has 1 N–H and O–H groups in total. The number of carbonyl (C=O) groups is 3. The van der Waals surface area contributed by atoms with Crippen LogP contribution in [0.25, 0.3) is 0 Å². The van der Waals surface area contributed by atoms with E-state index in [-0.39, 0.29) is 30.3 Å². The summed E-state index contributed by atoms with van der Waals surface area (Å²) in [6.45, 7) is 9.81. The fraction of sp³-hybridized carbons (Fsp3) is 0.812. The minimum absolute atomic E-state index is 0.0435. The lowest BCUT2D eigenvalue weighted by Crippen LogP contribution is -2.45. The van der Waals surface area contributed by atoms with E-state index >= 15 is 0 Å². The van der Waals surface area contributed by atoms with Crippen molar-refractivity contribution in [1.82, 2.24) is 4.90 Å². The van der Waals surface area contributed by atoms with Gasteiger partial charge in [0.05, 0.1) is 0 Å². The predicted octanol–water partition coefficient (Wildman–Crippen LogP) is 2.70. The van der Waals surface area contributed by atoms with Crippen molar-refractivity contribution in [3.8, 4) is 0 Å². The molecule has 1 aliphatic heterocycles. The Morgan fingerprint density at radius 3 is 2.41 bits per heavy atom. The number of hydrogen-bond acceptors (Lipinski definition) is 4. The van der Waals surface area contributed by atoms with Crippen LogP contribution in [0.3, 0.4) is 0 Å². The van der Waals surface area contributed by atoms with Crippen LogP contribution in [0.1, 0.15) is 53.9 Å². The molecule has 6 nitrogen and oxygen atoms in total. The zero-order chi connectivity index (χ0) is 17.1. The molecular weight excluding hydrogens is 286 g/mol. The molecule has 126 valence electrons. The van der Waals surface area contributed by atoms with Crippen LogP contribution in [-0.4, -0.2) is 47.0 Å². The Morgan fingerprint density at radius 1 is 1.32 bits per heavy atom. The molecule has 0 radical (unpaired) electrons. The van der Waals surface area contributed by atoms with Crippen LogP contribution in [0.4, 0.5) is 4.79 Å². The normalized spacial score (nSPS) is 25.1. The fourth-order valence-corrected chi connectivity index (χ4v) is 2.26. The van der Waals surface area contributed by atoms with Crippen molar-refractivity contribution in [3.63, 3.8) is 0 Å². The van der Waals surface area contributed by atoms with Crippen LogP contribution in [0.5, 0.6) is 0 Å². The van der Waals surface area contributed by atoms with Gasteiger partial charge in [0.25, 0.3) is 0 Å². The van der Waals surface area contributed by atoms with Crippen LogP contribution in [-0.2, 0) is 14.3 Å². The van der Waals surface area contributed by atoms with Crippen molar-refractivity contribution < 1.29 is 24.2 Å². The van der Waals surface area contributed by atoms with Crippen LogP contribution >= 0.6 is 0 Å². The second kappa shape index (κ2) is 6.67. The molecule has 1 saturated heterocycles. The Bertz CT molecular complexity index is 454. The molecule has 0 bridgehead atoms. The third kappa shape index (κ3) is 4.21. The lowest BCUT2D eigenvalue weighted by Gasteiger charge is -2.34. The second-order valence-corrected chi connectivity index (χ2v) is 7.29. The van der Waals surface area contributed by atoms with E-state index < -0.39 is 17.5 Å². The first kappa shape index (κ1) is 18.5. The summed E-state index contributed by atoms with van der Waals surface area (Å²) < 4.78 is 5.51. The fourth-order valence-electron chi connectivity index (χ4n) is 2.26. The number of ketones is 1. The molecule has 1 rings (SSSR count). The van der Waals surface area contributed by atoms with Crippen molar-refractivity contribution in [2.24, 2.45) is 10.8 Å². The highest BCUT2D eigenvalue weighted by molar-refractivity contribution is 6.03. The zero-order valence-electron chi connectivity index (χ0n) is 14.1. The van der Waals surface area contributed by atoms with E-state index in [0.29, 0.717) is 19.4 Å². The minimum Gasteiger partial charge on any atom is -0.465 e. The van der Waals surface area contributed by atoms with Gasteiger partial charge in [0.2, 0.25) is 0 Å². The van der Waals surface area contributed by atoms with Crippen molar-refractivity contribution in [1.29, 1.82) is 0 Å². The van der Waals surface area contributed by atoms with Gasteiger partial charge < -0.3 is 14.7 Å². The monoisotopic (exact) mass is 313 g/mol. The first-order valence-electron chi connectivity index (χ1n) is 7.71. The molecule has 1 amide bonds. The Labute approximate surface area is 131 Å². The molecule has 0 saturated carbocycles. The maximum atomic E-state index is 12.5. The smallest absolute Gasteiger partial charge is 0.407 e. The summed E-state index contributed by atoms with van der Waals surface area (Å²) >= 11 is 0. The van der Waals surface area contributed by atoms with E-state index in [1.165, 1.54) is 4.90 Å². The van der Waals surface area contributed by atoms with Crippen LogP contribution < -0.4 is 0 Å². The second-order valence-electron chi connectivity index (χ2n) is 7.29. The van der Waals surface area contributed by atoms with Crippen molar-refractivity contribution >= 4 is 17.8 Å². The molecule has 1 heterocycles. The first-order chi connectivity index (χ1) is 9.98. The van der Waals surface area contributed by atoms with Gasteiger partial charge in [-0.2, -0.15) is 0 Å². The number of likely N-dealkylation sites (tertiary alicyclic amines) is 1. The third-order valence-corrected chi connectivity index (χ3v) is 4.55. The summed E-state index contributed by atoms with van der Waals surface area (Å²) in [5.74, 6) is -0.742. The highest BCUT2D eigenvalue weighted by Gasteiger charge is 2.44. The zero-order valence-corrected chi connectivity index (χ0v) is 14.1. The van der Waals surface area contributed by atoms with Gasteiger partial charge >= 0.3 is 12.1 Å². The highest BCUT2D eigenvalue weighted by atomic mass is 16.5. The highest BCUT2D eigenvalue weighted by Crippen LogP contribution is 2.32. The number of amides is 1. The molecule has 0 spiro atoms. The summed E-state index contributed by atoms with van der Waals surface area (Å²) in [5.41, 5.74) is -1.37. The van der Waals surface area contributed by atoms with E-state index in [2.05, 4.69) is 0 Å². The molecular formula is C16H27NO5. The number of nitrogens with zero attached hydrogens (tertiary/aromatic N) is 1. The summed E-state index contributed by atoms with van der Waals surface area (Å²) in [7, 11) is 0. The van der Waals surface area contributed by atoms with E-state index in [1.807, 2.05) is 27.7 Å². The lowest BCUT2D eigenvalue weighted by atomic mass is 9.78. The molecule has 22 heavy (non-hydrogen) atoms. The molecule has 0 aromatic heterocycles. The maximum absolute atomic E-state index is 12.5. The average Bonchev–Trinajstić information content (AvgIpc) is 2.38. The molecule has 6 heteroatoms. The molecule has 2 atom stereocenters. The van der Waals surface area contributed by atoms with Gasteiger partial charge in [0, 0.05) is 19.5 Å².